The lowest BCUT2D eigenvalue weighted by Crippen LogP contribution is -2.39. The van der Waals surface area contributed by atoms with Crippen molar-refractivity contribution in [1.29, 1.82) is 0 Å². The van der Waals surface area contributed by atoms with Crippen LogP contribution in [0.1, 0.15) is 20.3 Å². The van der Waals surface area contributed by atoms with E-state index in [1.165, 1.54) is 0 Å². The van der Waals surface area contributed by atoms with Crippen LogP contribution in [-0.4, -0.2) is 70.0 Å². The van der Waals surface area contributed by atoms with Crippen LogP contribution in [0.5, 0.6) is 0 Å². The van der Waals surface area contributed by atoms with Gasteiger partial charge in [0.2, 0.25) is 0 Å². The van der Waals surface area contributed by atoms with Crippen LogP contribution in [0.15, 0.2) is 4.99 Å². The first-order chi connectivity index (χ1) is 9.72. The van der Waals surface area contributed by atoms with Gasteiger partial charge < -0.3 is 20.5 Å². The molecule has 20 heavy (non-hydrogen) atoms. The van der Waals surface area contributed by atoms with Crippen LogP contribution in [0.4, 0.5) is 0 Å². The molecule has 118 valence electrons. The second-order valence-electron chi connectivity index (χ2n) is 5.22. The first-order valence-corrected chi connectivity index (χ1v) is 7.64. The van der Waals surface area contributed by atoms with Gasteiger partial charge in [-0.2, -0.15) is 0 Å². The van der Waals surface area contributed by atoms with Gasteiger partial charge in [0.15, 0.2) is 5.96 Å². The molecular formula is C14H30N4O2. The van der Waals surface area contributed by atoms with Crippen molar-refractivity contribution in [3.63, 3.8) is 0 Å². The van der Waals surface area contributed by atoms with E-state index >= 15 is 0 Å². The number of ether oxygens (including phenoxy) is 2. The van der Waals surface area contributed by atoms with Gasteiger partial charge in [-0.1, -0.05) is 6.92 Å². The first kappa shape index (κ1) is 17.2. The molecule has 1 unspecified atom stereocenters. The van der Waals surface area contributed by atoms with E-state index in [2.05, 4.69) is 22.1 Å². The second-order valence-corrected chi connectivity index (χ2v) is 5.22. The van der Waals surface area contributed by atoms with Crippen LogP contribution in [-0.2, 0) is 9.47 Å². The van der Waals surface area contributed by atoms with Crippen molar-refractivity contribution in [2.75, 3.05) is 59.2 Å². The Morgan fingerprint density at radius 2 is 2.20 bits per heavy atom. The van der Waals surface area contributed by atoms with Crippen molar-refractivity contribution < 1.29 is 9.47 Å². The van der Waals surface area contributed by atoms with E-state index in [0.717, 1.165) is 65.6 Å². The Labute approximate surface area is 122 Å². The van der Waals surface area contributed by atoms with Crippen LogP contribution in [0.3, 0.4) is 0 Å². The summed E-state index contributed by atoms with van der Waals surface area (Å²) in [6, 6.07) is 0. The molecule has 0 radical (unpaired) electrons. The van der Waals surface area contributed by atoms with Crippen molar-refractivity contribution in [2.45, 2.75) is 20.3 Å². The summed E-state index contributed by atoms with van der Waals surface area (Å²) in [5.41, 5.74) is 5.83. The average Bonchev–Trinajstić information content (AvgIpc) is 2.46. The maximum atomic E-state index is 5.83. The topological polar surface area (TPSA) is 72.1 Å². The molecule has 1 aliphatic rings. The van der Waals surface area contributed by atoms with E-state index in [0.29, 0.717) is 11.9 Å². The molecule has 3 N–H and O–H groups in total. The Kier molecular flexibility index (Phi) is 9.36. The number of hydrogen-bond donors (Lipinski definition) is 2. The SMILES string of the molecule is CCOCCCNC(N)=NCC(C)CN1CCOCC1. The Morgan fingerprint density at radius 3 is 2.90 bits per heavy atom. The standard InChI is InChI=1S/C14H30N4O2/c1-3-19-8-4-5-16-14(15)17-11-13(2)12-18-6-9-20-10-7-18/h13H,3-12H2,1-2H3,(H3,15,16,17). The van der Waals surface area contributed by atoms with E-state index < -0.39 is 0 Å². The largest absolute Gasteiger partial charge is 0.382 e. The molecule has 1 fully saturated rings. The van der Waals surface area contributed by atoms with Gasteiger partial charge in [0, 0.05) is 45.9 Å². The minimum atomic E-state index is 0.511. The molecule has 6 nitrogen and oxygen atoms in total. The Bertz CT molecular complexity index is 268. The van der Waals surface area contributed by atoms with Crippen molar-refractivity contribution >= 4 is 5.96 Å². The molecule has 0 amide bonds. The summed E-state index contributed by atoms with van der Waals surface area (Å²) < 4.78 is 10.6. The van der Waals surface area contributed by atoms with Gasteiger partial charge in [-0.3, -0.25) is 9.89 Å². The Balaban J connectivity index is 2.07. The summed E-state index contributed by atoms with van der Waals surface area (Å²) in [4.78, 5) is 6.82. The maximum absolute atomic E-state index is 5.83. The molecule has 1 heterocycles. The van der Waals surface area contributed by atoms with Crippen LogP contribution < -0.4 is 11.1 Å². The maximum Gasteiger partial charge on any atom is 0.188 e. The summed E-state index contributed by atoms with van der Waals surface area (Å²) >= 11 is 0. The van der Waals surface area contributed by atoms with E-state index in [9.17, 15) is 0 Å². The molecule has 0 aromatic rings. The molecule has 0 aliphatic carbocycles. The number of aliphatic imine (C=N–C) groups is 1. The molecule has 0 aromatic carbocycles. The predicted octanol–water partition coefficient (Wildman–Crippen LogP) is 0.286. The molecule has 6 heteroatoms. The summed E-state index contributed by atoms with van der Waals surface area (Å²) in [5, 5.41) is 3.11. The Morgan fingerprint density at radius 1 is 1.45 bits per heavy atom. The lowest BCUT2D eigenvalue weighted by Gasteiger charge is -2.28. The molecule has 1 rings (SSSR count). The van der Waals surface area contributed by atoms with Gasteiger partial charge in [0.05, 0.1) is 13.2 Å². The summed E-state index contributed by atoms with van der Waals surface area (Å²) in [5.74, 6) is 1.05. The van der Waals surface area contributed by atoms with E-state index in [4.69, 9.17) is 15.2 Å². The van der Waals surface area contributed by atoms with Crippen LogP contribution in [0, 0.1) is 5.92 Å². The lowest BCUT2D eigenvalue weighted by molar-refractivity contribution is 0.0323. The van der Waals surface area contributed by atoms with Crippen molar-refractivity contribution in [1.82, 2.24) is 10.2 Å². The third kappa shape index (κ3) is 8.35. The fourth-order valence-electron chi connectivity index (χ4n) is 2.13. The zero-order valence-corrected chi connectivity index (χ0v) is 12.9. The van der Waals surface area contributed by atoms with Crippen molar-refractivity contribution in [3.8, 4) is 0 Å². The van der Waals surface area contributed by atoms with Crippen LogP contribution in [0.2, 0.25) is 0 Å². The predicted molar refractivity (Wildman–Crippen MR) is 82.0 cm³/mol. The van der Waals surface area contributed by atoms with Gasteiger partial charge in [0.1, 0.15) is 0 Å². The summed E-state index contributed by atoms with van der Waals surface area (Å²) in [6.45, 7) is 12.1. The van der Waals surface area contributed by atoms with E-state index in [-0.39, 0.29) is 0 Å². The highest BCUT2D eigenvalue weighted by Gasteiger charge is 2.13. The third-order valence-corrected chi connectivity index (χ3v) is 3.22. The van der Waals surface area contributed by atoms with Gasteiger partial charge in [-0.25, -0.2) is 0 Å². The number of nitrogens with one attached hydrogen (secondary N) is 1. The second kappa shape index (κ2) is 10.9. The van der Waals surface area contributed by atoms with Gasteiger partial charge in [-0.05, 0) is 19.3 Å². The molecule has 0 saturated carbocycles. The molecule has 1 aliphatic heterocycles. The van der Waals surface area contributed by atoms with E-state index in [1.807, 2.05) is 6.92 Å². The number of rotatable bonds is 9. The minimum Gasteiger partial charge on any atom is -0.382 e. The number of nitrogens with two attached hydrogens (primary N) is 1. The molecular weight excluding hydrogens is 256 g/mol. The van der Waals surface area contributed by atoms with Crippen molar-refractivity contribution in [2.24, 2.45) is 16.6 Å². The quantitative estimate of drug-likeness (QED) is 0.362. The summed E-state index contributed by atoms with van der Waals surface area (Å²) in [7, 11) is 0. The molecule has 1 saturated heterocycles. The monoisotopic (exact) mass is 286 g/mol. The van der Waals surface area contributed by atoms with Gasteiger partial charge in [0.25, 0.3) is 0 Å². The molecule has 0 aromatic heterocycles. The zero-order chi connectivity index (χ0) is 14.6. The normalized spacial score (nSPS) is 19.0. The third-order valence-electron chi connectivity index (χ3n) is 3.22. The van der Waals surface area contributed by atoms with E-state index in [1.54, 1.807) is 0 Å². The van der Waals surface area contributed by atoms with Gasteiger partial charge in [-0.15, -0.1) is 0 Å². The molecule has 1 atom stereocenters. The average molecular weight is 286 g/mol. The minimum absolute atomic E-state index is 0.511. The van der Waals surface area contributed by atoms with Gasteiger partial charge >= 0.3 is 0 Å². The number of guanidine groups is 1. The van der Waals surface area contributed by atoms with Crippen LogP contribution >= 0.6 is 0 Å². The van der Waals surface area contributed by atoms with Crippen LogP contribution in [0.25, 0.3) is 0 Å². The van der Waals surface area contributed by atoms with Crippen molar-refractivity contribution in [3.05, 3.63) is 0 Å². The zero-order valence-electron chi connectivity index (χ0n) is 12.9. The highest BCUT2D eigenvalue weighted by Crippen LogP contribution is 2.03. The first-order valence-electron chi connectivity index (χ1n) is 7.64. The number of hydrogen-bond acceptors (Lipinski definition) is 4. The summed E-state index contributed by atoms with van der Waals surface area (Å²) in [6.07, 6.45) is 0.952. The molecule has 0 spiro atoms. The number of morpholine rings is 1. The highest BCUT2D eigenvalue weighted by molar-refractivity contribution is 5.77. The Hall–Kier alpha value is -0.850. The molecule has 0 bridgehead atoms. The highest BCUT2D eigenvalue weighted by atomic mass is 16.5. The smallest absolute Gasteiger partial charge is 0.188 e. The lowest BCUT2D eigenvalue weighted by atomic mass is 10.1. The number of nitrogens with zero attached hydrogens (tertiary/aromatic N) is 2. The fourth-order valence-corrected chi connectivity index (χ4v) is 2.13. The fraction of sp³-hybridized carbons (Fsp3) is 0.929.